The average molecular weight is 488 g/mol. The van der Waals surface area contributed by atoms with Crippen molar-refractivity contribution in [1.29, 1.82) is 0 Å². The lowest BCUT2D eigenvalue weighted by molar-refractivity contribution is -0.123. The lowest BCUT2D eigenvalue weighted by Crippen LogP contribution is -2.45. The Hall–Kier alpha value is -1.87. The molecule has 1 amide bonds. The van der Waals surface area contributed by atoms with E-state index in [-0.39, 0.29) is 16.8 Å². The molecular formula is C25H33N3O3S2. The average Bonchev–Trinajstić information content (AvgIpc) is 3.28. The highest BCUT2D eigenvalue weighted by atomic mass is 32.2. The molecule has 3 N–H and O–H groups in total. The van der Waals surface area contributed by atoms with E-state index in [0.29, 0.717) is 23.4 Å². The molecule has 33 heavy (non-hydrogen) atoms. The standard InChI is InChI=1S/C25H33N3O3S2/c1-2-3-14-32-20-6-10-22(11-7-20)33(30,31)21-8-4-18(5-9-21)16-27-25(29)24-15-19-17-26-13-12-23(19)28-24/h4-11,19,23-24,26,28H,2-3,12-17H2,1H3,(H,27,29). The Morgan fingerprint density at radius 1 is 1.09 bits per heavy atom. The van der Waals surface area contributed by atoms with E-state index in [4.69, 9.17) is 0 Å². The summed E-state index contributed by atoms with van der Waals surface area (Å²) in [6, 6.07) is 14.2. The zero-order valence-electron chi connectivity index (χ0n) is 19.0. The van der Waals surface area contributed by atoms with Gasteiger partial charge in [0.05, 0.1) is 15.8 Å². The van der Waals surface area contributed by atoms with Gasteiger partial charge in [0.15, 0.2) is 0 Å². The highest BCUT2D eigenvalue weighted by molar-refractivity contribution is 7.99. The molecule has 8 heteroatoms. The summed E-state index contributed by atoms with van der Waals surface area (Å²) in [4.78, 5) is 14.2. The van der Waals surface area contributed by atoms with Gasteiger partial charge in [-0.15, -0.1) is 11.8 Å². The number of nitrogens with one attached hydrogen (secondary N) is 3. The molecule has 2 saturated heterocycles. The second-order valence-corrected chi connectivity index (χ2v) is 12.0. The Kier molecular flexibility index (Phi) is 8.11. The van der Waals surface area contributed by atoms with Crippen LogP contribution >= 0.6 is 11.8 Å². The third kappa shape index (κ3) is 5.98. The minimum absolute atomic E-state index is 0.0120. The topological polar surface area (TPSA) is 87.3 Å². The molecule has 2 heterocycles. The fourth-order valence-electron chi connectivity index (χ4n) is 4.49. The first-order valence-corrected chi connectivity index (χ1v) is 14.3. The predicted octanol–water partition coefficient (Wildman–Crippen LogP) is 3.37. The Labute approximate surface area is 201 Å². The third-order valence-electron chi connectivity index (χ3n) is 6.48. The van der Waals surface area contributed by atoms with E-state index in [1.165, 1.54) is 0 Å². The summed E-state index contributed by atoms with van der Waals surface area (Å²) in [5.41, 5.74) is 0.877. The van der Waals surface area contributed by atoms with Crippen molar-refractivity contribution in [2.24, 2.45) is 5.92 Å². The van der Waals surface area contributed by atoms with E-state index >= 15 is 0 Å². The van der Waals surface area contributed by atoms with Crippen LogP contribution in [0.15, 0.2) is 63.2 Å². The number of carbonyl (C=O) groups is 1. The van der Waals surface area contributed by atoms with Crippen molar-refractivity contribution in [3.05, 3.63) is 54.1 Å². The minimum Gasteiger partial charge on any atom is -0.351 e. The van der Waals surface area contributed by atoms with Crippen molar-refractivity contribution < 1.29 is 13.2 Å². The highest BCUT2D eigenvalue weighted by Crippen LogP contribution is 2.26. The van der Waals surface area contributed by atoms with Gasteiger partial charge in [0.2, 0.25) is 15.7 Å². The maximum atomic E-state index is 13.0. The van der Waals surface area contributed by atoms with Crippen molar-refractivity contribution in [2.75, 3.05) is 18.8 Å². The van der Waals surface area contributed by atoms with Gasteiger partial charge in [0, 0.05) is 17.5 Å². The fourth-order valence-corrected chi connectivity index (χ4v) is 6.74. The molecule has 0 bridgehead atoms. The van der Waals surface area contributed by atoms with Gasteiger partial charge in [-0.2, -0.15) is 0 Å². The number of amides is 1. The van der Waals surface area contributed by atoms with Gasteiger partial charge < -0.3 is 16.0 Å². The number of rotatable bonds is 9. The van der Waals surface area contributed by atoms with Crippen LogP contribution in [0.2, 0.25) is 0 Å². The minimum atomic E-state index is -3.57. The van der Waals surface area contributed by atoms with Crippen LogP contribution in [0, 0.1) is 5.92 Å². The van der Waals surface area contributed by atoms with E-state index in [9.17, 15) is 13.2 Å². The Bertz CT molecular complexity index is 1030. The van der Waals surface area contributed by atoms with Crippen molar-refractivity contribution in [3.63, 3.8) is 0 Å². The van der Waals surface area contributed by atoms with Gasteiger partial charge in [-0.25, -0.2) is 8.42 Å². The first-order chi connectivity index (χ1) is 16.0. The number of sulfone groups is 1. The molecular weight excluding hydrogens is 454 g/mol. The molecule has 0 aliphatic carbocycles. The molecule has 3 unspecified atom stereocenters. The Morgan fingerprint density at radius 2 is 1.79 bits per heavy atom. The van der Waals surface area contributed by atoms with Crippen LogP contribution < -0.4 is 16.0 Å². The lowest BCUT2D eigenvalue weighted by atomic mass is 9.94. The first kappa shape index (κ1) is 24.3. The van der Waals surface area contributed by atoms with Crippen molar-refractivity contribution >= 4 is 27.5 Å². The van der Waals surface area contributed by atoms with E-state index in [1.807, 2.05) is 12.1 Å². The molecule has 4 rings (SSSR count). The van der Waals surface area contributed by atoms with Crippen molar-refractivity contribution in [3.8, 4) is 0 Å². The Morgan fingerprint density at radius 3 is 2.45 bits per heavy atom. The predicted molar refractivity (Wildman–Crippen MR) is 132 cm³/mol. The van der Waals surface area contributed by atoms with Crippen LogP contribution in [0.4, 0.5) is 0 Å². The summed E-state index contributed by atoms with van der Waals surface area (Å²) < 4.78 is 26.0. The maximum absolute atomic E-state index is 13.0. The van der Waals surface area contributed by atoms with Gasteiger partial charge in [-0.1, -0.05) is 25.5 Å². The van der Waals surface area contributed by atoms with Gasteiger partial charge >= 0.3 is 0 Å². The van der Waals surface area contributed by atoms with Crippen molar-refractivity contribution in [1.82, 2.24) is 16.0 Å². The number of piperidine rings is 1. The van der Waals surface area contributed by atoms with Crippen molar-refractivity contribution in [2.45, 2.75) is 65.9 Å². The van der Waals surface area contributed by atoms with E-state index in [1.54, 1.807) is 48.2 Å². The molecule has 6 nitrogen and oxygen atoms in total. The van der Waals surface area contributed by atoms with Crippen LogP contribution in [0.25, 0.3) is 0 Å². The van der Waals surface area contributed by atoms with Crippen LogP contribution in [-0.4, -0.2) is 45.3 Å². The molecule has 178 valence electrons. The zero-order valence-corrected chi connectivity index (χ0v) is 20.7. The highest BCUT2D eigenvalue weighted by Gasteiger charge is 2.38. The molecule has 0 radical (unpaired) electrons. The smallest absolute Gasteiger partial charge is 0.237 e. The van der Waals surface area contributed by atoms with Crippen LogP contribution in [-0.2, 0) is 21.2 Å². The molecule has 3 atom stereocenters. The van der Waals surface area contributed by atoms with Crippen LogP contribution in [0.5, 0.6) is 0 Å². The number of unbranched alkanes of at least 4 members (excludes halogenated alkanes) is 1. The van der Waals surface area contributed by atoms with E-state index in [2.05, 4.69) is 22.9 Å². The summed E-state index contributed by atoms with van der Waals surface area (Å²) in [6.45, 7) is 4.51. The molecule has 0 saturated carbocycles. The molecule has 2 aliphatic rings. The number of thioether (sulfide) groups is 1. The van der Waals surface area contributed by atoms with E-state index in [0.717, 1.165) is 55.0 Å². The third-order valence-corrected chi connectivity index (χ3v) is 9.36. The quantitative estimate of drug-likeness (QED) is 0.371. The monoisotopic (exact) mass is 487 g/mol. The van der Waals surface area contributed by atoms with Gasteiger partial charge in [-0.05, 0) is 86.0 Å². The lowest BCUT2D eigenvalue weighted by Gasteiger charge is -2.25. The van der Waals surface area contributed by atoms with E-state index < -0.39 is 9.84 Å². The molecule has 2 fully saturated rings. The number of carbonyl (C=O) groups excluding carboxylic acids is 1. The maximum Gasteiger partial charge on any atom is 0.237 e. The zero-order chi connectivity index (χ0) is 23.3. The molecule has 0 spiro atoms. The molecule has 2 aromatic rings. The van der Waals surface area contributed by atoms with Gasteiger partial charge in [0.1, 0.15) is 0 Å². The van der Waals surface area contributed by atoms with Gasteiger partial charge in [0.25, 0.3) is 0 Å². The summed E-state index contributed by atoms with van der Waals surface area (Å²) >= 11 is 1.75. The van der Waals surface area contributed by atoms with Gasteiger partial charge in [-0.3, -0.25) is 4.79 Å². The number of benzene rings is 2. The summed E-state index contributed by atoms with van der Waals surface area (Å²) in [6.07, 6.45) is 4.21. The Balaban J connectivity index is 1.32. The summed E-state index contributed by atoms with van der Waals surface area (Å²) in [5, 5.41) is 9.85. The summed E-state index contributed by atoms with van der Waals surface area (Å²) in [5.74, 6) is 1.57. The second kappa shape index (κ2) is 11.0. The fraction of sp³-hybridized carbons (Fsp3) is 0.480. The molecule has 2 aliphatic heterocycles. The molecule has 0 aromatic heterocycles. The number of hydrogen-bond acceptors (Lipinski definition) is 6. The summed E-state index contributed by atoms with van der Waals surface area (Å²) in [7, 11) is -3.57. The van der Waals surface area contributed by atoms with Crippen LogP contribution in [0.3, 0.4) is 0 Å². The second-order valence-electron chi connectivity index (χ2n) is 8.85. The number of hydrogen-bond donors (Lipinski definition) is 3. The first-order valence-electron chi connectivity index (χ1n) is 11.8. The SMILES string of the molecule is CCCCSc1ccc(S(=O)(=O)c2ccc(CNC(=O)C3CC4CNCCC4N3)cc2)cc1. The normalized spacial score (nSPS) is 22.6. The molecule has 2 aromatic carbocycles. The largest absolute Gasteiger partial charge is 0.351 e. The number of fused-ring (bicyclic) bond motifs is 1. The van der Waals surface area contributed by atoms with Crippen LogP contribution in [0.1, 0.15) is 38.2 Å².